The topological polar surface area (TPSA) is 611 Å². The fourth-order valence-electron chi connectivity index (χ4n) is 16.5. The Labute approximate surface area is 816 Å². The number of rotatable bonds is 78. The number of amides is 10. The first kappa shape index (κ1) is 116. The highest BCUT2D eigenvalue weighted by atomic mass is 32.1. The first-order valence-electron chi connectivity index (χ1n) is 50.3. The van der Waals surface area contributed by atoms with Gasteiger partial charge in [-0.15, -0.1) is 0 Å². The summed E-state index contributed by atoms with van der Waals surface area (Å²) in [7, 11) is 0. The van der Waals surface area contributed by atoms with Crippen LogP contribution in [0.5, 0.6) is 0 Å². The van der Waals surface area contributed by atoms with E-state index < -0.39 is 178 Å². The number of ether oxygens (including phenoxy) is 1. The molecule has 0 saturated carbocycles. The van der Waals surface area contributed by atoms with Crippen LogP contribution in [0.25, 0.3) is 0 Å². The van der Waals surface area contributed by atoms with Crippen molar-refractivity contribution < 1.29 is 81.4 Å². The number of fused-ring (bicyclic) bond motifs is 3. The highest BCUT2D eigenvalue weighted by Gasteiger charge is 2.34. The monoisotopic (exact) mass is 1950 g/mol. The third kappa shape index (κ3) is 44.7. The second-order valence-corrected chi connectivity index (χ2v) is 36.7. The molecule has 0 aliphatic carbocycles. The molecule has 42 heteroatoms. The van der Waals surface area contributed by atoms with E-state index >= 15 is 0 Å². The van der Waals surface area contributed by atoms with E-state index in [1.54, 1.807) is 0 Å². The summed E-state index contributed by atoms with van der Waals surface area (Å²) in [5.41, 5.74) is 34.9. The molecule has 0 spiro atoms. The number of aliphatic imine (C=N–C) groups is 3. The van der Waals surface area contributed by atoms with Crippen LogP contribution < -0.4 is 66.3 Å². The van der Waals surface area contributed by atoms with Gasteiger partial charge >= 0.3 is 5.97 Å². The van der Waals surface area contributed by atoms with Crippen LogP contribution in [0.4, 0.5) is 17.5 Å². The van der Waals surface area contributed by atoms with Crippen LogP contribution in [-0.4, -0.2) is 257 Å². The van der Waals surface area contributed by atoms with Gasteiger partial charge < -0.3 is 99.4 Å². The Morgan fingerprint density at radius 1 is 0.413 bits per heavy atom. The minimum absolute atomic E-state index is 0.0163. The molecule has 18 N–H and O–H groups in total. The predicted molar refractivity (Wildman–Crippen MR) is 527 cm³/mol. The van der Waals surface area contributed by atoms with Gasteiger partial charge in [0.05, 0.1) is 82.8 Å². The summed E-state index contributed by atoms with van der Waals surface area (Å²) in [4.78, 5) is 247. The van der Waals surface area contributed by atoms with Gasteiger partial charge in [-0.3, -0.25) is 76.7 Å². The molecule has 768 valence electrons. The molecule has 10 amide bonds. The number of nitrogens with zero attached hydrogens (tertiary/aromatic N) is 12. The van der Waals surface area contributed by atoms with E-state index in [4.69, 9.17) is 39.1 Å². The standard InChI is InChI=1S/C96H156N24O17S/c1-3-5-7-9-11-13-15-17-19-21-23-25-27-29-31-37-69(121)41-42-70(57-106-80(126)40-32-30-28-26-24-22-20-18-16-14-12-10-8-6-4-2)137-88(134)44-43-81(127)111-72(39-34-36-46-98)96(136)105-49-52-116(86(132)62-119-66-108-90-75(124)55-78(100)113-94(90)119)59-83(129)103-47-50-115(85(131)61-118-65-107-89-74(123)54-77(99)112-93(89)118)58-82(128)104-48-51-117(87(133)63-120-67-109-91-76(125)56-79(101)114-95(91)120)60-84(130)110-71(38-33-35-45-97)73(122)53-68(64-138)92(102)135/h65-68,70-72,138H,3-64,97-98H2,1-2H3,(H2,99,112)(H2,100,113)(H2,101,114)(H2,102,135)(H,103,129)(H,104,128)(H,105,136)(H,106,126)(H,110,130)(H,111,127). The number of ketones is 5. The minimum Gasteiger partial charge on any atom is -0.460 e. The summed E-state index contributed by atoms with van der Waals surface area (Å²) in [5, 5.41) is 16.4. The molecule has 41 nitrogen and oxygen atoms in total. The molecular formula is C96H156N24O17S. The van der Waals surface area contributed by atoms with Gasteiger partial charge in [-0.25, -0.2) is 29.9 Å². The Bertz CT molecular complexity index is 4470. The number of imidazole rings is 3. The van der Waals surface area contributed by atoms with Crippen molar-refractivity contribution in [3.05, 3.63) is 36.1 Å². The average Bonchev–Trinajstić information content (AvgIpc) is 1.66. The Morgan fingerprint density at radius 3 is 1.16 bits per heavy atom. The maximum Gasteiger partial charge on any atom is 0.306 e. The lowest BCUT2D eigenvalue weighted by Crippen LogP contribution is -2.51. The maximum atomic E-state index is 14.6. The summed E-state index contributed by atoms with van der Waals surface area (Å²) in [6.45, 7) is -1.09. The van der Waals surface area contributed by atoms with Gasteiger partial charge in [-0.05, 0) is 70.9 Å². The van der Waals surface area contributed by atoms with E-state index in [0.717, 1.165) is 59.6 Å². The van der Waals surface area contributed by atoms with Crippen LogP contribution >= 0.6 is 12.6 Å². The van der Waals surface area contributed by atoms with Gasteiger partial charge in [0.1, 0.15) is 55.1 Å². The van der Waals surface area contributed by atoms with E-state index in [1.165, 1.54) is 174 Å². The van der Waals surface area contributed by atoms with Crippen LogP contribution in [0, 0.1) is 5.92 Å². The molecule has 0 saturated heterocycles. The predicted octanol–water partition coefficient (Wildman–Crippen LogP) is 7.13. The van der Waals surface area contributed by atoms with Gasteiger partial charge in [-0.2, -0.15) is 12.6 Å². The van der Waals surface area contributed by atoms with Crippen LogP contribution in [0.3, 0.4) is 0 Å². The van der Waals surface area contributed by atoms with Crippen LogP contribution in [0.2, 0.25) is 0 Å². The van der Waals surface area contributed by atoms with Crippen molar-refractivity contribution in [2.24, 2.45) is 55.3 Å². The summed E-state index contributed by atoms with van der Waals surface area (Å²) < 4.78 is 9.64. The Morgan fingerprint density at radius 2 is 0.775 bits per heavy atom. The number of hydrogen-bond acceptors (Lipinski definition) is 29. The van der Waals surface area contributed by atoms with Gasteiger partial charge in [0.2, 0.25) is 59.1 Å². The van der Waals surface area contributed by atoms with Crippen LogP contribution in [0.1, 0.15) is 341 Å². The number of unbranched alkanes of at least 4 members (excludes halogenated alkanes) is 30. The van der Waals surface area contributed by atoms with Gasteiger partial charge in [0.15, 0.2) is 57.7 Å². The number of esters is 1. The normalized spacial score (nSPS) is 13.5. The third-order valence-electron chi connectivity index (χ3n) is 24.6. The van der Waals surface area contributed by atoms with Crippen molar-refractivity contribution in [3.63, 3.8) is 0 Å². The molecule has 4 atom stereocenters. The van der Waals surface area contributed by atoms with Gasteiger partial charge in [-0.1, -0.05) is 194 Å². The highest BCUT2D eigenvalue weighted by Crippen LogP contribution is 2.29. The van der Waals surface area contributed by atoms with E-state index in [9.17, 15) is 76.7 Å². The zero-order valence-corrected chi connectivity index (χ0v) is 82.5. The lowest BCUT2D eigenvalue weighted by molar-refractivity contribution is -0.151. The minimum atomic E-state index is -1.19. The number of primary amides is 1. The fraction of sp³-hybridized carbons (Fsp3) is 0.708. The van der Waals surface area contributed by atoms with E-state index in [2.05, 4.69) is 88.3 Å². The number of hydrogen-bond donors (Lipinski definition) is 13. The SMILES string of the molecule is CCCCCCCCCCCCCCCCCC(=O)CCC(CNC(=O)CCCCCCCCCCCCCCCCC)OC(=O)CCC(=O)NC(CCCCN)C(=O)NCCN(CC(=O)NCCN(CC(=O)NCCN(CC(=O)NC(CCCCN)C(=O)CC(CS)C(N)=O)C(=O)Cn1cnc2c1N=C(N)CC2=O)C(=O)Cn1cnc2c1N=C(N)CC2=O)C(=O)Cn1cnc2c1N=C(N)CC2=O. The van der Waals surface area contributed by atoms with Crippen molar-refractivity contribution in [1.82, 2.24) is 75.3 Å². The summed E-state index contributed by atoms with van der Waals surface area (Å²) in [5.74, 6) is -10.9. The molecule has 3 aliphatic heterocycles. The number of Topliss-reactive ketones (excluding diaryl/α,β-unsaturated/α-hetero) is 5. The van der Waals surface area contributed by atoms with Crippen molar-refractivity contribution in [2.45, 2.75) is 347 Å². The smallest absolute Gasteiger partial charge is 0.306 e. The van der Waals surface area contributed by atoms with E-state index in [1.807, 2.05) is 0 Å². The highest BCUT2D eigenvalue weighted by molar-refractivity contribution is 7.80. The zero-order chi connectivity index (χ0) is 100. The molecule has 6 heterocycles. The summed E-state index contributed by atoms with van der Waals surface area (Å²) in [6.07, 6.45) is 39.7. The van der Waals surface area contributed by atoms with Crippen molar-refractivity contribution in [3.8, 4) is 0 Å². The zero-order valence-electron chi connectivity index (χ0n) is 81.6. The Balaban J connectivity index is 1.10. The van der Waals surface area contributed by atoms with E-state index in [-0.39, 0.29) is 160 Å². The molecule has 3 aliphatic rings. The molecule has 0 radical (unpaired) electrons. The van der Waals surface area contributed by atoms with Crippen molar-refractivity contribution in [2.75, 3.05) is 84.3 Å². The average molecular weight is 1950 g/mol. The summed E-state index contributed by atoms with van der Waals surface area (Å²) in [6, 6.07) is -2.34. The number of thiol groups is 1. The molecule has 138 heavy (non-hydrogen) atoms. The van der Waals surface area contributed by atoms with E-state index in [0.29, 0.717) is 44.9 Å². The molecule has 6 rings (SSSR count). The number of nitrogens with one attached hydrogen (secondary N) is 6. The van der Waals surface area contributed by atoms with Gasteiger partial charge in [0.25, 0.3) is 0 Å². The van der Waals surface area contributed by atoms with Crippen molar-refractivity contribution >= 4 is 142 Å². The van der Waals surface area contributed by atoms with Gasteiger partial charge in [0, 0.05) is 77.1 Å². The quantitative estimate of drug-likeness (QED) is 0.0152. The fourth-order valence-corrected chi connectivity index (χ4v) is 16.8. The third-order valence-corrected chi connectivity index (χ3v) is 25.0. The molecular weight excluding hydrogens is 1790 g/mol. The lowest BCUT2D eigenvalue weighted by Gasteiger charge is -2.26. The molecule has 3 aromatic heterocycles. The molecule has 0 fully saturated rings. The molecule has 4 unspecified atom stereocenters. The first-order chi connectivity index (χ1) is 66.5. The number of carbonyl (C=O) groups excluding carboxylic acids is 16. The second kappa shape index (κ2) is 66.4. The maximum absolute atomic E-state index is 14.6. The van der Waals surface area contributed by atoms with Crippen LogP contribution in [-0.2, 0) is 86.7 Å². The van der Waals surface area contributed by atoms with Crippen LogP contribution in [0.15, 0.2) is 34.0 Å². The second-order valence-electron chi connectivity index (χ2n) is 36.3. The van der Waals surface area contributed by atoms with Crippen molar-refractivity contribution in [1.29, 1.82) is 0 Å². The number of carbonyl (C=O) groups is 16. The lowest BCUT2D eigenvalue weighted by atomic mass is 9.96. The Hall–Kier alpha value is -11.2. The first-order valence-corrected chi connectivity index (χ1v) is 51.0. The Kier molecular flexibility index (Phi) is 55.6. The summed E-state index contributed by atoms with van der Waals surface area (Å²) >= 11 is 4.17. The largest absolute Gasteiger partial charge is 0.460 e. The molecule has 0 bridgehead atoms. The number of aromatic nitrogens is 6. The number of amidine groups is 3. The molecule has 0 aromatic carbocycles. The molecule has 3 aromatic rings. The number of nitrogens with two attached hydrogens (primary N) is 6.